The first-order chi connectivity index (χ1) is 11.8. The first kappa shape index (κ1) is 14.6. The SMILES string of the molecule is O=C(N/N=C/c1cccc2cccnc12)[C@@H]1C[C@H]1c1ccccc1. The molecule has 4 nitrogen and oxygen atoms in total. The van der Waals surface area contributed by atoms with Gasteiger partial charge in [0.25, 0.3) is 0 Å². The van der Waals surface area contributed by atoms with Crippen molar-refractivity contribution in [3.8, 4) is 0 Å². The number of fused-ring (bicyclic) bond motifs is 1. The van der Waals surface area contributed by atoms with Crippen molar-refractivity contribution in [1.29, 1.82) is 0 Å². The standard InChI is InChI=1S/C20H17N3O/c24-20(18-12-17(18)14-6-2-1-3-7-14)23-22-13-16-9-4-8-15-10-5-11-21-19(15)16/h1-11,13,17-18H,12H2,(H,23,24)/b22-13+/t17-,18+/m0/s1. The Balaban J connectivity index is 1.42. The molecule has 4 rings (SSSR count). The molecule has 1 N–H and O–H groups in total. The van der Waals surface area contributed by atoms with Gasteiger partial charge in [-0.25, -0.2) is 5.43 Å². The van der Waals surface area contributed by atoms with Crippen LogP contribution in [0, 0.1) is 5.92 Å². The highest BCUT2D eigenvalue weighted by molar-refractivity contribution is 5.97. The minimum atomic E-state index is -0.0201. The van der Waals surface area contributed by atoms with Crippen molar-refractivity contribution in [2.45, 2.75) is 12.3 Å². The maximum Gasteiger partial charge on any atom is 0.243 e. The topological polar surface area (TPSA) is 54.4 Å². The van der Waals surface area contributed by atoms with Crippen molar-refractivity contribution in [2.24, 2.45) is 11.0 Å². The van der Waals surface area contributed by atoms with Crippen LogP contribution >= 0.6 is 0 Å². The molecule has 24 heavy (non-hydrogen) atoms. The Bertz CT molecular complexity index is 900. The number of rotatable bonds is 4. The third-order valence-electron chi connectivity index (χ3n) is 4.40. The highest BCUT2D eigenvalue weighted by Gasteiger charge is 2.43. The normalized spacial score (nSPS) is 19.5. The fraction of sp³-hybridized carbons (Fsp3) is 0.150. The van der Waals surface area contributed by atoms with E-state index in [0.29, 0.717) is 5.92 Å². The smallest absolute Gasteiger partial charge is 0.243 e. The number of hydrogen-bond acceptors (Lipinski definition) is 3. The lowest BCUT2D eigenvalue weighted by Crippen LogP contribution is -2.20. The summed E-state index contributed by atoms with van der Waals surface area (Å²) in [5, 5.41) is 5.17. The molecule has 1 aliphatic rings. The van der Waals surface area contributed by atoms with E-state index in [-0.39, 0.29) is 11.8 Å². The third kappa shape index (κ3) is 2.91. The molecule has 1 heterocycles. The maximum atomic E-state index is 12.2. The van der Waals surface area contributed by atoms with E-state index in [2.05, 4.69) is 27.6 Å². The number of nitrogens with one attached hydrogen (secondary N) is 1. The van der Waals surface area contributed by atoms with Gasteiger partial charge in [-0.15, -0.1) is 0 Å². The molecule has 1 aliphatic carbocycles. The molecule has 2 atom stereocenters. The summed E-state index contributed by atoms with van der Waals surface area (Å²) in [6, 6.07) is 20.0. The van der Waals surface area contributed by atoms with Gasteiger partial charge in [0.1, 0.15) is 0 Å². The maximum absolute atomic E-state index is 12.2. The van der Waals surface area contributed by atoms with Crippen LogP contribution in [0.4, 0.5) is 0 Å². The second-order valence-corrected chi connectivity index (χ2v) is 6.02. The largest absolute Gasteiger partial charge is 0.273 e. The Morgan fingerprint density at radius 3 is 2.79 bits per heavy atom. The van der Waals surface area contributed by atoms with Crippen molar-refractivity contribution in [1.82, 2.24) is 10.4 Å². The highest BCUT2D eigenvalue weighted by Crippen LogP contribution is 2.47. The van der Waals surface area contributed by atoms with E-state index in [1.807, 2.05) is 48.5 Å². The van der Waals surface area contributed by atoms with Crippen LogP contribution in [-0.4, -0.2) is 17.1 Å². The molecule has 0 saturated heterocycles. The lowest BCUT2D eigenvalue weighted by Gasteiger charge is -2.01. The van der Waals surface area contributed by atoms with E-state index >= 15 is 0 Å². The number of nitrogens with zero attached hydrogens (tertiary/aromatic N) is 2. The van der Waals surface area contributed by atoms with Gasteiger partial charge >= 0.3 is 0 Å². The summed E-state index contributed by atoms with van der Waals surface area (Å²) in [5.74, 6) is 0.323. The molecule has 1 aromatic heterocycles. The van der Waals surface area contributed by atoms with Gasteiger partial charge < -0.3 is 0 Å². The number of pyridine rings is 1. The Kier molecular flexibility index (Phi) is 3.79. The van der Waals surface area contributed by atoms with Gasteiger partial charge in [0, 0.05) is 23.1 Å². The predicted octanol–water partition coefficient (Wildman–Crippen LogP) is 3.49. The summed E-state index contributed by atoms with van der Waals surface area (Å²) in [5.41, 5.74) is 5.66. The van der Waals surface area contributed by atoms with E-state index in [1.165, 1.54) is 5.56 Å². The molecule has 1 saturated carbocycles. The third-order valence-corrected chi connectivity index (χ3v) is 4.40. The summed E-state index contributed by atoms with van der Waals surface area (Å²) in [6.07, 6.45) is 4.31. The van der Waals surface area contributed by atoms with Gasteiger partial charge in [-0.05, 0) is 24.0 Å². The molecule has 0 spiro atoms. The zero-order valence-electron chi connectivity index (χ0n) is 13.1. The van der Waals surface area contributed by atoms with E-state index in [0.717, 1.165) is 22.9 Å². The van der Waals surface area contributed by atoms with Gasteiger partial charge in [0.2, 0.25) is 5.91 Å². The monoisotopic (exact) mass is 315 g/mol. The van der Waals surface area contributed by atoms with Gasteiger partial charge in [0.15, 0.2) is 0 Å². The Labute approximate surface area is 140 Å². The van der Waals surface area contributed by atoms with Gasteiger partial charge in [-0.1, -0.05) is 54.6 Å². The fourth-order valence-electron chi connectivity index (χ4n) is 3.03. The molecular formula is C20H17N3O. The molecule has 0 radical (unpaired) electrons. The number of carbonyl (C=O) groups excluding carboxylic acids is 1. The molecule has 1 fully saturated rings. The zero-order chi connectivity index (χ0) is 16.4. The zero-order valence-corrected chi connectivity index (χ0v) is 13.1. The summed E-state index contributed by atoms with van der Waals surface area (Å²) < 4.78 is 0. The molecule has 118 valence electrons. The van der Waals surface area contributed by atoms with Crippen molar-refractivity contribution in [3.05, 3.63) is 78.0 Å². The van der Waals surface area contributed by atoms with Crippen LogP contribution in [-0.2, 0) is 4.79 Å². The van der Waals surface area contributed by atoms with Crippen LogP contribution in [0.15, 0.2) is 72.0 Å². The summed E-state index contributed by atoms with van der Waals surface area (Å²) >= 11 is 0. The molecule has 1 amide bonds. The number of amides is 1. The van der Waals surface area contributed by atoms with E-state index in [9.17, 15) is 4.79 Å². The van der Waals surface area contributed by atoms with Gasteiger partial charge in [0.05, 0.1) is 11.7 Å². The number of hydrazone groups is 1. The molecule has 0 bridgehead atoms. The first-order valence-corrected chi connectivity index (χ1v) is 8.04. The number of para-hydroxylation sites is 1. The minimum absolute atomic E-state index is 0.0201. The second kappa shape index (κ2) is 6.24. The van der Waals surface area contributed by atoms with Crippen LogP contribution in [0.3, 0.4) is 0 Å². The lowest BCUT2D eigenvalue weighted by atomic mass is 10.1. The van der Waals surface area contributed by atoms with E-state index < -0.39 is 0 Å². The van der Waals surface area contributed by atoms with Crippen LogP contribution < -0.4 is 5.43 Å². The van der Waals surface area contributed by atoms with Crippen molar-refractivity contribution >= 4 is 23.0 Å². The molecule has 4 heteroatoms. The van der Waals surface area contributed by atoms with Crippen molar-refractivity contribution in [2.75, 3.05) is 0 Å². The number of hydrogen-bond donors (Lipinski definition) is 1. The highest BCUT2D eigenvalue weighted by atomic mass is 16.2. The Morgan fingerprint density at radius 1 is 1.08 bits per heavy atom. The van der Waals surface area contributed by atoms with Crippen LogP contribution in [0.1, 0.15) is 23.5 Å². The molecule has 0 aliphatic heterocycles. The Morgan fingerprint density at radius 2 is 1.92 bits per heavy atom. The lowest BCUT2D eigenvalue weighted by molar-refractivity contribution is -0.122. The quantitative estimate of drug-likeness (QED) is 0.592. The van der Waals surface area contributed by atoms with Gasteiger partial charge in [-0.2, -0.15) is 5.10 Å². The molecule has 3 aromatic rings. The summed E-state index contributed by atoms with van der Waals surface area (Å²) in [4.78, 5) is 16.6. The molecule has 0 unspecified atom stereocenters. The van der Waals surface area contributed by atoms with Crippen LogP contribution in [0.25, 0.3) is 10.9 Å². The number of benzene rings is 2. The van der Waals surface area contributed by atoms with Gasteiger partial charge in [-0.3, -0.25) is 9.78 Å². The van der Waals surface area contributed by atoms with Crippen LogP contribution in [0.5, 0.6) is 0 Å². The van der Waals surface area contributed by atoms with Crippen molar-refractivity contribution in [3.63, 3.8) is 0 Å². The Hall–Kier alpha value is -3.01. The average molecular weight is 315 g/mol. The van der Waals surface area contributed by atoms with Crippen LogP contribution in [0.2, 0.25) is 0 Å². The molecule has 2 aromatic carbocycles. The second-order valence-electron chi connectivity index (χ2n) is 6.02. The van der Waals surface area contributed by atoms with E-state index in [4.69, 9.17) is 0 Å². The first-order valence-electron chi connectivity index (χ1n) is 8.04. The average Bonchev–Trinajstić information content (AvgIpc) is 3.43. The number of aromatic nitrogens is 1. The minimum Gasteiger partial charge on any atom is -0.273 e. The van der Waals surface area contributed by atoms with Crippen molar-refractivity contribution < 1.29 is 4.79 Å². The number of carbonyl (C=O) groups is 1. The summed E-state index contributed by atoms with van der Waals surface area (Å²) in [7, 11) is 0. The summed E-state index contributed by atoms with van der Waals surface area (Å²) in [6.45, 7) is 0. The van der Waals surface area contributed by atoms with E-state index in [1.54, 1.807) is 12.4 Å². The predicted molar refractivity (Wildman–Crippen MR) is 94.8 cm³/mol. The molecular weight excluding hydrogens is 298 g/mol. The fourth-order valence-corrected chi connectivity index (χ4v) is 3.03.